The maximum absolute atomic E-state index is 5.76. The van der Waals surface area contributed by atoms with E-state index in [9.17, 15) is 0 Å². The minimum absolute atomic E-state index is 0.243. The van der Waals surface area contributed by atoms with E-state index < -0.39 is 0 Å². The molecule has 0 aromatic heterocycles. The molecule has 0 bridgehead atoms. The summed E-state index contributed by atoms with van der Waals surface area (Å²) in [6.45, 7) is 13.7. The molecule has 0 aliphatic carbocycles. The molecule has 0 unspecified atom stereocenters. The van der Waals surface area contributed by atoms with Gasteiger partial charge in [0.2, 0.25) is 0 Å². The molecule has 0 N–H and O–H groups in total. The Morgan fingerprint density at radius 2 is 1.52 bits per heavy atom. The Kier molecular flexibility index (Phi) is 6.09. The lowest BCUT2D eigenvalue weighted by molar-refractivity contribution is 0.127. The number of hydrogen-bond donors (Lipinski definition) is 0. The molecular formula is C18H29ClN2. The Labute approximate surface area is 135 Å². The maximum atomic E-state index is 5.76. The minimum atomic E-state index is 0.243. The highest BCUT2D eigenvalue weighted by atomic mass is 35.5. The van der Waals surface area contributed by atoms with Crippen LogP contribution in [0.1, 0.15) is 38.3 Å². The highest BCUT2D eigenvalue weighted by molar-refractivity contribution is 6.17. The van der Waals surface area contributed by atoms with Gasteiger partial charge in [0, 0.05) is 38.6 Å². The second-order valence-corrected chi connectivity index (χ2v) is 7.49. The van der Waals surface area contributed by atoms with Crippen molar-refractivity contribution in [2.75, 3.05) is 38.6 Å². The summed E-state index contributed by atoms with van der Waals surface area (Å²) in [5, 5.41) is 0. The molecule has 1 aliphatic rings. The van der Waals surface area contributed by atoms with Gasteiger partial charge in [0.25, 0.3) is 0 Å². The SMILES string of the molecule is CC(C)(C)c1ccc(CN2CCN(CCCCl)CC2)cc1. The van der Waals surface area contributed by atoms with Crippen LogP contribution in [0.3, 0.4) is 0 Å². The second kappa shape index (κ2) is 7.62. The van der Waals surface area contributed by atoms with E-state index in [1.165, 1.54) is 37.3 Å². The summed E-state index contributed by atoms with van der Waals surface area (Å²) in [7, 11) is 0. The van der Waals surface area contributed by atoms with Crippen LogP contribution in [0.4, 0.5) is 0 Å². The Morgan fingerprint density at radius 1 is 0.952 bits per heavy atom. The smallest absolute Gasteiger partial charge is 0.0235 e. The van der Waals surface area contributed by atoms with Crippen LogP contribution in [0.25, 0.3) is 0 Å². The van der Waals surface area contributed by atoms with Crippen molar-refractivity contribution in [3.05, 3.63) is 35.4 Å². The highest BCUT2D eigenvalue weighted by Gasteiger charge is 2.17. The lowest BCUT2D eigenvalue weighted by Crippen LogP contribution is -2.46. The van der Waals surface area contributed by atoms with Gasteiger partial charge >= 0.3 is 0 Å². The molecule has 0 amide bonds. The second-order valence-electron chi connectivity index (χ2n) is 7.11. The van der Waals surface area contributed by atoms with E-state index in [4.69, 9.17) is 11.6 Å². The molecule has 3 heteroatoms. The van der Waals surface area contributed by atoms with Gasteiger partial charge in [-0.1, -0.05) is 45.0 Å². The summed E-state index contributed by atoms with van der Waals surface area (Å²) in [6.07, 6.45) is 1.11. The zero-order chi connectivity index (χ0) is 15.3. The molecule has 1 heterocycles. The van der Waals surface area contributed by atoms with Crippen molar-refractivity contribution in [3.8, 4) is 0 Å². The zero-order valence-electron chi connectivity index (χ0n) is 13.7. The minimum Gasteiger partial charge on any atom is -0.301 e. The van der Waals surface area contributed by atoms with Gasteiger partial charge in [-0.2, -0.15) is 0 Å². The Morgan fingerprint density at radius 3 is 2.05 bits per heavy atom. The molecule has 1 aliphatic heterocycles. The van der Waals surface area contributed by atoms with E-state index in [1.54, 1.807) is 0 Å². The molecule has 1 saturated heterocycles. The van der Waals surface area contributed by atoms with Gasteiger partial charge in [0.05, 0.1) is 0 Å². The third-order valence-corrected chi connectivity index (χ3v) is 4.57. The Hall–Kier alpha value is -0.570. The number of benzene rings is 1. The van der Waals surface area contributed by atoms with E-state index in [-0.39, 0.29) is 5.41 Å². The molecule has 1 fully saturated rings. The van der Waals surface area contributed by atoms with Gasteiger partial charge in [-0.05, 0) is 29.5 Å². The van der Waals surface area contributed by atoms with Crippen LogP contribution < -0.4 is 0 Å². The molecule has 118 valence electrons. The van der Waals surface area contributed by atoms with Crippen molar-refractivity contribution in [2.24, 2.45) is 0 Å². The molecule has 1 aromatic carbocycles. The predicted molar refractivity (Wildman–Crippen MR) is 92.2 cm³/mol. The molecular weight excluding hydrogens is 280 g/mol. The Bertz CT molecular complexity index is 414. The molecule has 21 heavy (non-hydrogen) atoms. The zero-order valence-corrected chi connectivity index (χ0v) is 14.5. The van der Waals surface area contributed by atoms with Gasteiger partial charge in [0.1, 0.15) is 0 Å². The van der Waals surface area contributed by atoms with Gasteiger partial charge in [-0.15, -0.1) is 11.6 Å². The molecule has 0 saturated carbocycles. The molecule has 0 spiro atoms. The van der Waals surface area contributed by atoms with Crippen molar-refractivity contribution in [3.63, 3.8) is 0 Å². The van der Waals surface area contributed by atoms with Crippen LogP contribution in [-0.4, -0.2) is 48.4 Å². The quantitative estimate of drug-likeness (QED) is 0.765. The normalized spacial score (nSPS) is 18.1. The van der Waals surface area contributed by atoms with Crippen molar-refractivity contribution in [2.45, 2.75) is 39.2 Å². The van der Waals surface area contributed by atoms with Crippen LogP contribution >= 0.6 is 11.6 Å². The lowest BCUT2D eigenvalue weighted by Gasteiger charge is -2.34. The van der Waals surface area contributed by atoms with E-state index in [1.807, 2.05) is 0 Å². The summed E-state index contributed by atoms with van der Waals surface area (Å²) in [5.74, 6) is 0.778. The first-order valence-electron chi connectivity index (χ1n) is 8.09. The lowest BCUT2D eigenvalue weighted by atomic mass is 9.87. The van der Waals surface area contributed by atoms with Crippen molar-refractivity contribution in [1.29, 1.82) is 0 Å². The molecule has 2 nitrogen and oxygen atoms in total. The fourth-order valence-electron chi connectivity index (χ4n) is 2.82. The number of nitrogens with zero attached hydrogens (tertiary/aromatic N) is 2. The number of piperazine rings is 1. The van der Waals surface area contributed by atoms with Crippen molar-refractivity contribution in [1.82, 2.24) is 9.80 Å². The fraction of sp³-hybridized carbons (Fsp3) is 0.667. The number of halogens is 1. The topological polar surface area (TPSA) is 6.48 Å². The summed E-state index contributed by atoms with van der Waals surface area (Å²) >= 11 is 5.76. The van der Waals surface area contributed by atoms with E-state index >= 15 is 0 Å². The standard InChI is InChI=1S/C18H29ClN2/c1-18(2,3)17-7-5-16(6-8-17)15-21-13-11-20(12-14-21)10-4-9-19/h5-8H,4,9-15H2,1-3H3. The van der Waals surface area contributed by atoms with Gasteiger partial charge in [-0.25, -0.2) is 0 Å². The van der Waals surface area contributed by atoms with Gasteiger partial charge in [0.15, 0.2) is 0 Å². The van der Waals surface area contributed by atoms with Gasteiger partial charge in [-0.3, -0.25) is 4.90 Å². The predicted octanol–water partition coefficient (Wildman–Crippen LogP) is 3.73. The molecule has 2 rings (SSSR count). The summed E-state index contributed by atoms with van der Waals surface area (Å²) < 4.78 is 0. The van der Waals surface area contributed by atoms with Gasteiger partial charge < -0.3 is 4.90 Å². The van der Waals surface area contributed by atoms with E-state index in [0.29, 0.717) is 0 Å². The molecule has 0 radical (unpaired) electrons. The first kappa shape index (κ1) is 16.8. The average molecular weight is 309 g/mol. The van der Waals surface area contributed by atoms with E-state index in [2.05, 4.69) is 54.8 Å². The van der Waals surface area contributed by atoms with E-state index in [0.717, 1.165) is 25.4 Å². The fourth-order valence-corrected chi connectivity index (χ4v) is 2.94. The number of rotatable bonds is 5. The van der Waals surface area contributed by atoms with Crippen LogP contribution in [0.2, 0.25) is 0 Å². The first-order valence-corrected chi connectivity index (χ1v) is 8.62. The maximum Gasteiger partial charge on any atom is 0.0235 e. The van der Waals surface area contributed by atoms with Crippen LogP contribution in [0, 0.1) is 0 Å². The monoisotopic (exact) mass is 308 g/mol. The average Bonchev–Trinajstić information content (AvgIpc) is 2.46. The third kappa shape index (κ3) is 5.28. The summed E-state index contributed by atoms with van der Waals surface area (Å²) in [5.41, 5.74) is 3.08. The van der Waals surface area contributed by atoms with Crippen molar-refractivity contribution >= 4 is 11.6 Å². The summed E-state index contributed by atoms with van der Waals surface area (Å²) in [4.78, 5) is 5.09. The van der Waals surface area contributed by atoms with Crippen LogP contribution in [0.5, 0.6) is 0 Å². The van der Waals surface area contributed by atoms with Crippen LogP contribution in [-0.2, 0) is 12.0 Å². The number of hydrogen-bond acceptors (Lipinski definition) is 2. The first-order chi connectivity index (χ1) is 9.99. The Balaban J connectivity index is 1.81. The molecule has 0 atom stereocenters. The third-order valence-electron chi connectivity index (χ3n) is 4.30. The summed E-state index contributed by atoms with van der Waals surface area (Å²) in [6, 6.07) is 9.15. The highest BCUT2D eigenvalue weighted by Crippen LogP contribution is 2.22. The molecule has 1 aromatic rings. The number of alkyl halides is 1. The van der Waals surface area contributed by atoms with Crippen molar-refractivity contribution < 1.29 is 0 Å². The van der Waals surface area contributed by atoms with Crippen LogP contribution in [0.15, 0.2) is 24.3 Å². The largest absolute Gasteiger partial charge is 0.301 e.